The van der Waals surface area contributed by atoms with Crippen molar-refractivity contribution >= 4 is 17.6 Å². The largest absolute Gasteiger partial charge is 0.478 e. The van der Waals surface area contributed by atoms with Crippen LogP contribution >= 0.6 is 11.6 Å². The Morgan fingerprint density at radius 2 is 2.11 bits per heavy atom. The Labute approximate surface area is 106 Å². The van der Waals surface area contributed by atoms with E-state index in [-0.39, 0.29) is 17.2 Å². The minimum Gasteiger partial charge on any atom is -0.478 e. The summed E-state index contributed by atoms with van der Waals surface area (Å²) >= 11 is 5.75. The third kappa shape index (κ3) is 3.89. The lowest BCUT2D eigenvalue weighted by molar-refractivity contribution is -0.217. The van der Waals surface area contributed by atoms with Crippen LogP contribution in [0, 0.1) is 0 Å². The molecule has 0 bridgehead atoms. The second kappa shape index (κ2) is 5.58. The van der Waals surface area contributed by atoms with E-state index in [2.05, 4.69) is 4.74 Å². The number of aromatic carboxylic acids is 1. The maximum absolute atomic E-state index is 12.2. The smallest absolute Gasteiger partial charge is 0.414 e. The standard InChI is InChI=1S/C11H10ClF3O3/c1-6(11(13,14)15)18-5-8-3-2-7(10(16)17)4-9(8)12/h2-4,6H,5H2,1H3,(H,16,17). The summed E-state index contributed by atoms with van der Waals surface area (Å²) in [6, 6.07) is 3.75. The van der Waals surface area contributed by atoms with Gasteiger partial charge in [0.05, 0.1) is 12.2 Å². The van der Waals surface area contributed by atoms with Crippen LogP contribution in [-0.2, 0) is 11.3 Å². The Bertz CT molecular complexity index is 446. The molecule has 0 aliphatic heterocycles. The summed E-state index contributed by atoms with van der Waals surface area (Å²) in [5.41, 5.74) is 0.269. The van der Waals surface area contributed by atoms with Gasteiger partial charge in [0.15, 0.2) is 6.10 Å². The van der Waals surface area contributed by atoms with Gasteiger partial charge in [0.1, 0.15) is 0 Å². The van der Waals surface area contributed by atoms with Gasteiger partial charge in [0, 0.05) is 5.02 Å². The Morgan fingerprint density at radius 3 is 2.56 bits per heavy atom. The number of ether oxygens (including phenoxy) is 1. The predicted octanol–water partition coefficient (Wildman–Crippen LogP) is 3.51. The Morgan fingerprint density at radius 1 is 1.50 bits per heavy atom. The first-order valence-corrected chi connectivity index (χ1v) is 5.29. The van der Waals surface area contributed by atoms with E-state index in [9.17, 15) is 18.0 Å². The van der Waals surface area contributed by atoms with Crippen LogP contribution in [0.1, 0.15) is 22.8 Å². The number of halogens is 4. The van der Waals surface area contributed by atoms with Gasteiger partial charge in [0.2, 0.25) is 0 Å². The SMILES string of the molecule is CC(OCc1ccc(C(=O)O)cc1Cl)C(F)(F)F. The minimum absolute atomic E-state index is 0.0346. The summed E-state index contributed by atoms with van der Waals surface area (Å²) in [6.07, 6.45) is -6.35. The summed E-state index contributed by atoms with van der Waals surface area (Å²) < 4.78 is 41.2. The monoisotopic (exact) mass is 282 g/mol. The first kappa shape index (κ1) is 14.8. The van der Waals surface area contributed by atoms with Crippen molar-refractivity contribution < 1.29 is 27.8 Å². The molecule has 0 aliphatic rings. The van der Waals surface area contributed by atoms with E-state index in [1.165, 1.54) is 18.2 Å². The number of alkyl halides is 3. The molecule has 1 unspecified atom stereocenters. The van der Waals surface area contributed by atoms with Gasteiger partial charge in [0.25, 0.3) is 0 Å². The Hall–Kier alpha value is -1.27. The Kier molecular flexibility index (Phi) is 4.59. The van der Waals surface area contributed by atoms with Gasteiger partial charge in [-0.3, -0.25) is 0 Å². The summed E-state index contributed by atoms with van der Waals surface area (Å²) in [4.78, 5) is 10.6. The minimum atomic E-state index is -4.44. The molecule has 3 nitrogen and oxygen atoms in total. The summed E-state index contributed by atoms with van der Waals surface area (Å²) in [7, 11) is 0. The Balaban J connectivity index is 2.72. The van der Waals surface area contributed by atoms with Crippen molar-refractivity contribution in [2.45, 2.75) is 25.8 Å². The van der Waals surface area contributed by atoms with Crippen molar-refractivity contribution in [2.24, 2.45) is 0 Å². The molecule has 0 heterocycles. The van der Waals surface area contributed by atoms with E-state index < -0.39 is 18.2 Å². The summed E-state index contributed by atoms with van der Waals surface area (Å²) in [6.45, 7) is 0.554. The molecule has 1 atom stereocenters. The molecule has 18 heavy (non-hydrogen) atoms. The van der Waals surface area contributed by atoms with Crippen molar-refractivity contribution in [3.63, 3.8) is 0 Å². The fourth-order valence-electron chi connectivity index (χ4n) is 1.11. The highest BCUT2D eigenvalue weighted by atomic mass is 35.5. The molecule has 7 heteroatoms. The molecule has 0 radical (unpaired) electrons. The third-order valence-corrected chi connectivity index (χ3v) is 2.60. The van der Waals surface area contributed by atoms with E-state index >= 15 is 0 Å². The lowest BCUT2D eigenvalue weighted by Crippen LogP contribution is -2.28. The lowest BCUT2D eigenvalue weighted by Gasteiger charge is -2.16. The van der Waals surface area contributed by atoms with Crippen molar-refractivity contribution in [3.8, 4) is 0 Å². The first-order valence-electron chi connectivity index (χ1n) is 4.92. The highest BCUT2D eigenvalue weighted by molar-refractivity contribution is 6.31. The molecule has 100 valence electrons. The fourth-order valence-corrected chi connectivity index (χ4v) is 1.34. The second-order valence-corrected chi connectivity index (χ2v) is 4.01. The topological polar surface area (TPSA) is 46.5 Å². The molecule has 1 aromatic rings. The van der Waals surface area contributed by atoms with E-state index in [4.69, 9.17) is 16.7 Å². The molecular formula is C11H10ClF3O3. The van der Waals surface area contributed by atoms with Crippen LogP contribution in [0.4, 0.5) is 13.2 Å². The zero-order valence-electron chi connectivity index (χ0n) is 9.29. The van der Waals surface area contributed by atoms with E-state index in [1.807, 2.05) is 0 Å². The van der Waals surface area contributed by atoms with Gasteiger partial charge in [-0.1, -0.05) is 17.7 Å². The highest BCUT2D eigenvalue weighted by Gasteiger charge is 2.36. The fraction of sp³-hybridized carbons (Fsp3) is 0.364. The lowest BCUT2D eigenvalue weighted by atomic mass is 10.1. The van der Waals surface area contributed by atoms with E-state index in [0.717, 1.165) is 6.92 Å². The number of carboxylic acid groups (broad SMARTS) is 1. The molecular weight excluding hydrogens is 273 g/mol. The van der Waals surface area contributed by atoms with Crippen LogP contribution < -0.4 is 0 Å². The molecule has 1 aromatic carbocycles. The van der Waals surface area contributed by atoms with Gasteiger partial charge in [-0.05, 0) is 24.6 Å². The highest BCUT2D eigenvalue weighted by Crippen LogP contribution is 2.25. The molecule has 1 rings (SSSR count). The normalized spacial score (nSPS) is 13.4. The van der Waals surface area contributed by atoms with Gasteiger partial charge in [-0.25, -0.2) is 4.79 Å². The maximum atomic E-state index is 12.2. The van der Waals surface area contributed by atoms with Crippen molar-refractivity contribution in [2.75, 3.05) is 0 Å². The predicted molar refractivity (Wildman–Crippen MR) is 58.7 cm³/mol. The van der Waals surface area contributed by atoms with Crippen molar-refractivity contribution in [1.29, 1.82) is 0 Å². The molecule has 0 spiro atoms. The van der Waals surface area contributed by atoms with E-state index in [1.54, 1.807) is 0 Å². The second-order valence-electron chi connectivity index (χ2n) is 3.61. The van der Waals surface area contributed by atoms with Crippen LogP contribution in [0.3, 0.4) is 0 Å². The average molecular weight is 283 g/mol. The molecule has 0 aliphatic carbocycles. The number of rotatable bonds is 4. The van der Waals surface area contributed by atoms with Crippen LogP contribution in [0.15, 0.2) is 18.2 Å². The molecule has 0 aromatic heterocycles. The van der Waals surface area contributed by atoms with Gasteiger partial charge in [-0.2, -0.15) is 13.2 Å². The molecule has 0 saturated carbocycles. The number of hydrogen-bond donors (Lipinski definition) is 1. The molecule has 0 saturated heterocycles. The van der Waals surface area contributed by atoms with Gasteiger partial charge < -0.3 is 9.84 Å². The number of carboxylic acids is 1. The maximum Gasteiger partial charge on any atom is 0.414 e. The molecule has 1 N–H and O–H groups in total. The summed E-state index contributed by atoms with van der Waals surface area (Å²) in [5.74, 6) is -1.16. The summed E-state index contributed by atoms with van der Waals surface area (Å²) in [5, 5.41) is 8.75. The first-order chi connectivity index (χ1) is 8.21. The van der Waals surface area contributed by atoms with E-state index in [0.29, 0.717) is 5.56 Å². The molecule has 0 amide bonds. The van der Waals surface area contributed by atoms with Crippen LogP contribution in [0.2, 0.25) is 5.02 Å². The van der Waals surface area contributed by atoms with Gasteiger partial charge >= 0.3 is 12.1 Å². The quantitative estimate of drug-likeness (QED) is 0.919. The molecule has 0 fully saturated rings. The third-order valence-electron chi connectivity index (χ3n) is 2.25. The zero-order chi connectivity index (χ0) is 13.9. The number of benzene rings is 1. The average Bonchev–Trinajstić information content (AvgIpc) is 2.25. The van der Waals surface area contributed by atoms with Crippen molar-refractivity contribution in [1.82, 2.24) is 0 Å². The van der Waals surface area contributed by atoms with Crippen LogP contribution in [0.25, 0.3) is 0 Å². The van der Waals surface area contributed by atoms with Gasteiger partial charge in [-0.15, -0.1) is 0 Å². The number of hydrogen-bond acceptors (Lipinski definition) is 2. The van der Waals surface area contributed by atoms with Crippen LogP contribution in [0.5, 0.6) is 0 Å². The van der Waals surface area contributed by atoms with Crippen molar-refractivity contribution in [3.05, 3.63) is 34.3 Å². The zero-order valence-corrected chi connectivity index (χ0v) is 10.0. The van der Waals surface area contributed by atoms with Crippen LogP contribution in [-0.4, -0.2) is 23.4 Å². The number of carbonyl (C=O) groups is 1.